The second-order valence-corrected chi connectivity index (χ2v) is 5.54. The monoisotopic (exact) mass is 339 g/mol. The standard InChI is InChI=1S/C14H15Cl2N5O/c15-12-19-13(16)21-14(20-12)18-7-9-2-1-3-10(6-9)11-8-17-4-5-22-11/h1-3,6,11,17H,4-5,7-8H2,(H,18,19,20,21). The van der Waals surface area contributed by atoms with Gasteiger partial charge >= 0.3 is 0 Å². The summed E-state index contributed by atoms with van der Waals surface area (Å²) in [6.07, 6.45) is 0.0924. The second kappa shape index (κ2) is 7.19. The molecule has 0 amide bonds. The quantitative estimate of drug-likeness (QED) is 0.891. The molecule has 2 N–H and O–H groups in total. The SMILES string of the molecule is Clc1nc(Cl)nc(NCc2cccc(C3CNCCO3)c2)n1. The zero-order chi connectivity index (χ0) is 15.4. The topological polar surface area (TPSA) is 72.0 Å². The number of nitrogens with zero attached hydrogens (tertiary/aromatic N) is 3. The van der Waals surface area contributed by atoms with Crippen molar-refractivity contribution in [2.75, 3.05) is 25.0 Å². The summed E-state index contributed by atoms with van der Waals surface area (Å²) in [6.45, 7) is 3.02. The van der Waals surface area contributed by atoms with Crippen LogP contribution in [0.5, 0.6) is 0 Å². The van der Waals surface area contributed by atoms with E-state index in [0.29, 0.717) is 12.5 Å². The van der Waals surface area contributed by atoms with E-state index in [1.54, 1.807) is 0 Å². The lowest BCUT2D eigenvalue weighted by Crippen LogP contribution is -2.33. The molecule has 6 nitrogen and oxygen atoms in total. The third kappa shape index (κ3) is 4.04. The highest BCUT2D eigenvalue weighted by Gasteiger charge is 2.15. The Bertz CT molecular complexity index is 629. The molecule has 1 fully saturated rings. The Morgan fingerprint density at radius 3 is 2.77 bits per heavy atom. The average Bonchev–Trinajstić information content (AvgIpc) is 2.53. The molecule has 0 aliphatic carbocycles. The lowest BCUT2D eigenvalue weighted by Gasteiger charge is -2.24. The maximum Gasteiger partial charge on any atom is 0.228 e. The van der Waals surface area contributed by atoms with Crippen LogP contribution in [0.3, 0.4) is 0 Å². The minimum Gasteiger partial charge on any atom is -0.371 e. The number of ether oxygens (including phenoxy) is 1. The minimum atomic E-state index is 0.0675. The van der Waals surface area contributed by atoms with Crippen molar-refractivity contribution in [3.63, 3.8) is 0 Å². The second-order valence-electron chi connectivity index (χ2n) is 4.86. The fourth-order valence-corrected chi connectivity index (χ4v) is 2.63. The van der Waals surface area contributed by atoms with E-state index in [0.717, 1.165) is 30.8 Å². The molecule has 1 aliphatic heterocycles. The molecular formula is C14H15Cl2N5O. The maximum atomic E-state index is 5.76. The van der Waals surface area contributed by atoms with Gasteiger partial charge in [0.05, 0.1) is 12.7 Å². The summed E-state index contributed by atoms with van der Waals surface area (Å²) in [5, 5.41) is 6.55. The number of anilines is 1. The van der Waals surface area contributed by atoms with Gasteiger partial charge in [-0.15, -0.1) is 0 Å². The van der Waals surface area contributed by atoms with Crippen LogP contribution in [0.1, 0.15) is 17.2 Å². The van der Waals surface area contributed by atoms with Gasteiger partial charge in [-0.25, -0.2) is 0 Å². The van der Waals surface area contributed by atoms with E-state index in [9.17, 15) is 0 Å². The van der Waals surface area contributed by atoms with Gasteiger partial charge in [0.1, 0.15) is 0 Å². The largest absolute Gasteiger partial charge is 0.371 e. The number of benzene rings is 1. The number of hydrogen-bond donors (Lipinski definition) is 2. The maximum absolute atomic E-state index is 5.76. The molecule has 116 valence electrons. The van der Waals surface area contributed by atoms with Gasteiger partial charge in [0.2, 0.25) is 16.5 Å². The zero-order valence-electron chi connectivity index (χ0n) is 11.7. The van der Waals surface area contributed by atoms with Gasteiger partial charge in [-0.2, -0.15) is 15.0 Å². The van der Waals surface area contributed by atoms with E-state index in [4.69, 9.17) is 27.9 Å². The number of morpholine rings is 1. The van der Waals surface area contributed by atoms with Gasteiger partial charge in [-0.05, 0) is 34.3 Å². The van der Waals surface area contributed by atoms with E-state index >= 15 is 0 Å². The Morgan fingerprint density at radius 2 is 2.05 bits per heavy atom. The average molecular weight is 340 g/mol. The summed E-state index contributed by atoms with van der Waals surface area (Å²) in [4.78, 5) is 11.7. The van der Waals surface area contributed by atoms with Gasteiger partial charge in [-0.3, -0.25) is 0 Å². The van der Waals surface area contributed by atoms with Crippen molar-refractivity contribution in [3.8, 4) is 0 Å². The third-order valence-corrected chi connectivity index (χ3v) is 3.62. The van der Waals surface area contributed by atoms with Crippen LogP contribution < -0.4 is 10.6 Å². The first kappa shape index (κ1) is 15.4. The fourth-order valence-electron chi connectivity index (χ4n) is 2.27. The molecule has 2 aromatic rings. The van der Waals surface area contributed by atoms with Gasteiger partial charge in [-0.1, -0.05) is 24.3 Å². The molecule has 1 aromatic carbocycles. The molecular weight excluding hydrogens is 325 g/mol. The highest BCUT2D eigenvalue weighted by molar-refractivity contribution is 6.31. The van der Waals surface area contributed by atoms with Crippen LogP contribution in [0.25, 0.3) is 0 Å². The van der Waals surface area contributed by atoms with Crippen LogP contribution in [0.2, 0.25) is 10.6 Å². The molecule has 0 saturated carbocycles. The summed E-state index contributed by atoms with van der Waals surface area (Å²) >= 11 is 11.5. The summed E-state index contributed by atoms with van der Waals surface area (Å²) in [5.74, 6) is 0.353. The first-order valence-electron chi connectivity index (χ1n) is 6.93. The predicted molar refractivity (Wildman–Crippen MR) is 85.2 cm³/mol. The molecule has 1 saturated heterocycles. The van der Waals surface area contributed by atoms with Gasteiger partial charge in [0.15, 0.2) is 0 Å². The van der Waals surface area contributed by atoms with Crippen LogP contribution in [-0.2, 0) is 11.3 Å². The zero-order valence-corrected chi connectivity index (χ0v) is 13.2. The van der Waals surface area contributed by atoms with Crippen molar-refractivity contribution < 1.29 is 4.74 Å². The third-order valence-electron chi connectivity index (χ3n) is 3.28. The molecule has 1 unspecified atom stereocenters. The van der Waals surface area contributed by atoms with Crippen LogP contribution in [0.4, 0.5) is 5.95 Å². The molecule has 1 aliphatic rings. The molecule has 0 bridgehead atoms. The van der Waals surface area contributed by atoms with Crippen molar-refractivity contribution in [2.24, 2.45) is 0 Å². The van der Waals surface area contributed by atoms with E-state index in [2.05, 4.69) is 37.7 Å². The van der Waals surface area contributed by atoms with E-state index in [-0.39, 0.29) is 16.7 Å². The molecule has 22 heavy (non-hydrogen) atoms. The highest BCUT2D eigenvalue weighted by Crippen LogP contribution is 2.20. The van der Waals surface area contributed by atoms with E-state index in [1.165, 1.54) is 0 Å². The number of hydrogen-bond acceptors (Lipinski definition) is 6. The molecule has 8 heteroatoms. The Labute approximate surface area is 138 Å². The molecule has 0 spiro atoms. The first-order valence-corrected chi connectivity index (χ1v) is 7.68. The van der Waals surface area contributed by atoms with Crippen molar-refractivity contribution >= 4 is 29.2 Å². The Morgan fingerprint density at radius 1 is 1.23 bits per heavy atom. The van der Waals surface area contributed by atoms with Crippen molar-refractivity contribution in [1.82, 2.24) is 20.3 Å². The lowest BCUT2D eigenvalue weighted by molar-refractivity contribution is 0.0276. The molecule has 0 radical (unpaired) electrons. The normalized spacial score (nSPS) is 18.2. The smallest absolute Gasteiger partial charge is 0.228 e. The number of aromatic nitrogens is 3. The van der Waals surface area contributed by atoms with E-state index in [1.807, 2.05) is 12.1 Å². The van der Waals surface area contributed by atoms with Crippen LogP contribution in [-0.4, -0.2) is 34.6 Å². The van der Waals surface area contributed by atoms with Crippen molar-refractivity contribution in [1.29, 1.82) is 0 Å². The Kier molecular flexibility index (Phi) is 5.04. The number of halogens is 2. The lowest BCUT2D eigenvalue weighted by atomic mass is 10.1. The molecule has 1 atom stereocenters. The fraction of sp³-hybridized carbons (Fsp3) is 0.357. The number of rotatable bonds is 4. The van der Waals surface area contributed by atoms with E-state index < -0.39 is 0 Å². The van der Waals surface area contributed by atoms with Crippen LogP contribution in [0.15, 0.2) is 24.3 Å². The van der Waals surface area contributed by atoms with Crippen molar-refractivity contribution in [2.45, 2.75) is 12.6 Å². The summed E-state index contributed by atoms with van der Waals surface area (Å²) in [5.41, 5.74) is 2.25. The highest BCUT2D eigenvalue weighted by atomic mass is 35.5. The molecule has 3 rings (SSSR count). The first-order chi connectivity index (χ1) is 10.7. The predicted octanol–water partition coefficient (Wildman–Crippen LogP) is 2.45. The van der Waals surface area contributed by atoms with Gasteiger partial charge in [0.25, 0.3) is 0 Å². The summed E-state index contributed by atoms with van der Waals surface area (Å²) < 4.78 is 5.76. The van der Waals surface area contributed by atoms with Gasteiger partial charge < -0.3 is 15.4 Å². The molecule has 2 heterocycles. The molecule has 1 aromatic heterocycles. The summed E-state index contributed by atoms with van der Waals surface area (Å²) in [6, 6.07) is 8.21. The summed E-state index contributed by atoms with van der Waals surface area (Å²) in [7, 11) is 0. The number of nitrogens with one attached hydrogen (secondary N) is 2. The van der Waals surface area contributed by atoms with Crippen molar-refractivity contribution in [3.05, 3.63) is 46.0 Å². The van der Waals surface area contributed by atoms with Crippen LogP contribution >= 0.6 is 23.2 Å². The van der Waals surface area contributed by atoms with Crippen LogP contribution in [0, 0.1) is 0 Å². The Balaban J connectivity index is 1.67. The Hall–Kier alpha value is -1.47. The minimum absolute atomic E-state index is 0.0675. The van der Waals surface area contributed by atoms with Gasteiger partial charge in [0, 0.05) is 19.6 Å².